The first-order chi connectivity index (χ1) is 41.2. The van der Waals surface area contributed by atoms with E-state index >= 15 is 0 Å². The van der Waals surface area contributed by atoms with Gasteiger partial charge in [-0.15, -0.1) is 0 Å². The monoisotopic (exact) mass is 1100 g/mol. The highest BCUT2D eigenvalue weighted by Crippen LogP contribution is 2.39. The summed E-state index contributed by atoms with van der Waals surface area (Å²) in [6.07, 6.45) is 15.0. The molecule has 0 aliphatic heterocycles. The molecule has 4 N–H and O–H groups in total. The Bertz CT molecular complexity index is 5020. The smallest absolute Gasteiger partial charge is 0.257 e. The van der Waals surface area contributed by atoms with Crippen molar-refractivity contribution in [3.05, 3.63) is 270 Å². The predicted molar refractivity (Wildman–Crippen MR) is 325 cm³/mol. The summed E-state index contributed by atoms with van der Waals surface area (Å²) in [4.78, 5) is 65.0. The highest BCUT2D eigenvalue weighted by molar-refractivity contribution is 6.09. The number of halogens is 3. The predicted octanol–water partition coefficient (Wildman–Crippen LogP) is 14.5. The standard InChI is InChI=1S/C23H15FN4.C23H14FN3O.C22H13FN4O/c24-20-6-2-1-4-17(20)22-12-18(16-5-3-10-27-23(16)28-22)14-7-8-21(25)19-13-26-11-9-15(14)19;24-20-9-2-1-5-18(20)21-13-19(16-8-4-11-25-22(16)27-21)14-6-3-7-17-15(14)10-12-26-23(17)28;23-19-6-2-1-4-15(19)20-10-16(14-5-3-8-25-21(14)27-20)17-12-26-22(28)18-11-24-9-7-13(17)18/h1-13H,25H2;1-13H,(H,26,28);1-12H,(H,26,28). The largest absolute Gasteiger partial charge is 0.398 e. The van der Waals surface area contributed by atoms with Crippen LogP contribution in [0.2, 0.25) is 0 Å². The third-order valence-electron chi connectivity index (χ3n) is 14.4. The lowest BCUT2D eigenvalue weighted by Crippen LogP contribution is -2.06. The zero-order valence-electron chi connectivity index (χ0n) is 44.0. The van der Waals surface area contributed by atoms with Crippen molar-refractivity contribution in [1.29, 1.82) is 0 Å². The molecule has 0 fully saturated rings. The zero-order chi connectivity index (χ0) is 57.3. The molecule has 402 valence electrons. The summed E-state index contributed by atoms with van der Waals surface area (Å²) in [6, 6.07) is 51.6. The highest BCUT2D eigenvalue weighted by Gasteiger charge is 2.19. The number of benzene rings is 5. The normalized spacial score (nSPS) is 11.2. The second-order valence-electron chi connectivity index (χ2n) is 19.4. The first-order valence-electron chi connectivity index (χ1n) is 26.4. The van der Waals surface area contributed by atoms with Gasteiger partial charge in [0, 0.05) is 111 Å². The van der Waals surface area contributed by atoms with Gasteiger partial charge in [-0.25, -0.2) is 43.1 Å². The van der Waals surface area contributed by atoms with E-state index in [1.807, 2.05) is 91.0 Å². The number of hydrogen-bond acceptors (Lipinski definition) is 11. The Morgan fingerprint density at radius 3 is 1.26 bits per heavy atom. The fraction of sp³-hybridized carbons (Fsp3) is 0. The average Bonchev–Trinajstić information content (AvgIpc) is 3.31. The minimum atomic E-state index is -0.355. The van der Waals surface area contributed by atoms with Crippen LogP contribution >= 0.6 is 0 Å². The number of fused-ring (bicyclic) bond motifs is 6. The van der Waals surface area contributed by atoms with Crippen LogP contribution in [-0.4, -0.2) is 49.8 Å². The van der Waals surface area contributed by atoms with Crippen molar-refractivity contribution in [2.45, 2.75) is 0 Å². The number of hydrogen-bond donors (Lipinski definition) is 3. The molecule has 5 aromatic carbocycles. The molecule has 0 bridgehead atoms. The Morgan fingerprint density at radius 2 is 0.750 bits per heavy atom. The van der Waals surface area contributed by atoms with E-state index in [2.05, 4.69) is 49.8 Å². The summed E-state index contributed by atoms with van der Waals surface area (Å²) in [7, 11) is 0. The molecule has 10 heterocycles. The summed E-state index contributed by atoms with van der Waals surface area (Å²) in [5.74, 6) is -1.01. The van der Waals surface area contributed by atoms with E-state index in [1.165, 1.54) is 24.4 Å². The van der Waals surface area contributed by atoms with Gasteiger partial charge in [-0.1, -0.05) is 54.6 Å². The van der Waals surface area contributed by atoms with Crippen molar-refractivity contribution < 1.29 is 13.2 Å². The number of nitrogens with two attached hydrogens (primary N) is 1. The molecule has 0 amide bonds. The van der Waals surface area contributed by atoms with E-state index in [9.17, 15) is 22.8 Å². The first-order valence-corrected chi connectivity index (χ1v) is 26.4. The molecule has 0 saturated heterocycles. The van der Waals surface area contributed by atoms with Gasteiger partial charge >= 0.3 is 0 Å². The lowest BCUT2D eigenvalue weighted by atomic mass is 9.95. The molecule has 0 spiro atoms. The van der Waals surface area contributed by atoms with Gasteiger partial charge in [-0.2, -0.15) is 0 Å². The lowest BCUT2D eigenvalue weighted by molar-refractivity contribution is 0.630. The van der Waals surface area contributed by atoms with Gasteiger partial charge in [0.15, 0.2) is 16.9 Å². The second-order valence-corrected chi connectivity index (χ2v) is 19.4. The van der Waals surface area contributed by atoms with Crippen molar-refractivity contribution in [2.24, 2.45) is 0 Å². The van der Waals surface area contributed by atoms with E-state index in [4.69, 9.17) is 5.73 Å². The number of aromatic amines is 2. The van der Waals surface area contributed by atoms with Crippen molar-refractivity contribution >= 4 is 71.1 Å². The maximum Gasteiger partial charge on any atom is 0.257 e. The summed E-state index contributed by atoms with van der Waals surface area (Å²) < 4.78 is 43.2. The molecule has 10 aromatic heterocycles. The molecule has 13 nitrogen and oxygen atoms in total. The van der Waals surface area contributed by atoms with Crippen LogP contribution in [0, 0.1) is 17.5 Å². The van der Waals surface area contributed by atoms with Gasteiger partial charge < -0.3 is 15.7 Å². The van der Waals surface area contributed by atoms with Crippen LogP contribution in [0.3, 0.4) is 0 Å². The molecule has 0 aliphatic rings. The Morgan fingerprint density at radius 1 is 0.333 bits per heavy atom. The summed E-state index contributed by atoms with van der Waals surface area (Å²) >= 11 is 0. The quantitative estimate of drug-likeness (QED) is 0.134. The van der Waals surface area contributed by atoms with Gasteiger partial charge in [0.1, 0.15) is 17.5 Å². The number of nitrogens with one attached hydrogen (secondary N) is 2. The summed E-state index contributed by atoms with van der Waals surface area (Å²) in [5, 5.41) is 7.07. The third-order valence-corrected chi connectivity index (χ3v) is 14.4. The fourth-order valence-electron chi connectivity index (χ4n) is 10.5. The minimum Gasteiger partial charge on any atom is -0.398 e. The molecular formula is C68H42F3N11O2. The molecule has 0 aliphatic carbocycles. The minimum absolute atomic E-state index is 0.148. The number of nitrogens with zero attached hydrogens (tertiary/aromatic N) is 8. The van der Waals surface area contributed by atoms with Crippen molar-refractivity contribution in [3.63, 3.8) is 0 Å². The lowest BCUT2D eigenvalue weighted by Gasteiger charge is -2.13. The molecule has 15 aromatic rings. The fourth-order valence-corrected chi connectivity index (χ4v) is 10.5. The SMILES string of the molecule is Nc1ccc(-c2cc(-c3ccccc3F)nc3ncccc23)c2ccncc12.O=c1[nH]cc(-c2cc(-c3ccccc3F)nc3ncccc23)c2ccncc12.O=c1[nH]ccc2c(-c3cc(-c4ccccc4F)nc4ncccc34)cccc12. The molecule has 0 unspecified atom stereocenters. The van der Waals surface area contributed by atoms with Gasteiger partial charge in [0.25, 0.3) is 11.1 Å². The van der Waals surface area contributed by atoms with Crippen LogP contribution in [0.4, 0.5) is 18.9 Å². The number of anilines is 1. The molecular weight excluding hydrogens is 1060 g/mol. The van der Waals surface area contributed by atoms with Crippen LogP contribution in [0.15, 0.2) is 241 Å². The molecule has 16 heteroatoms. The first kappa shape index (κ1) is 51.8. The van der Waals surface area contributed by atoms with Crippen LogP contribution in [-0.2, 0) is 0 Å². The van der Waals surface area contributed by atoms with Crippen LogP contribution in [0.1, 0.15) is 0 Å². The van der Waals surface area contributed by atoms with Gasteiger partial charge in [-0.3, -0.25) is 19.6 Å². The Kier molecular flexibility index (Phi) is 13.6. The molecule has 0 atom stereocenters. The molecule has 15 rings (SSSR count). The maximum absolute atomic E-state index is 14.4. The second kappa shape index (κ2) is 22.1. The van der Waals surface area contributed by atoms with Crippen molar-refractivity contribution in [2.75, 3.05) is 5.73 Å². The number of nitrogen functional groups attached to an aromatic ring is 1. The zero-order valence-corrected chi connectivity index (χ0v) is 44.0. The maximum atomic E-state index is 14.4. The van der Waals surface area contributed by atoms with Gasteiger partial charge in [-0.05, 0) is 165 Å². The molecule has 84 heavy (non-hydrogen) atoms. The Labute approximate surface area is 474 Å². The van der Waals surface area contributed by atoms with E-state index in [0.29, 0.717) is 67.2 Å². The Balaban J connectivity index is 0.000000118. The van der Waals surface area contributed by atoms with Crippen molar-refractivity contribution in [1.82, 2.24) is 49.8 Å². The molecule has 0 saturated carbocycles. The van der Waals surface area contributed by atoms with E-state index in [0.717, 1.165) is 71.1 Å². The van der Waals surface area contributed by atoms with E-state index in [-0.39, 0.29) is 28.6 Å². The van der Waals surface area contributed by atoms with Gasteiger partial charge in [0.05, 0.1) is 22.5 Å². The number of H-pyrrole nitrogens is 2. The van der Waals surface area contributed by atoms with Crippen LogP contribution < -0.4 is 16.9 Å². The Hall–Kier alpha value is -11.7. The third kappa shape index (κ3) is 9.74. The van der Waals surface area contributed by atoms with Crippen molar-refractivity contribution in [3.8, 4) is 67.2 Å². The van der Waals surface area contributed by atoms with E-state index in [1.54, 1.807) is 116 Å². The molecule has 0 radical (unpaired) electrons. The van der Waals surface area contributed by atoms with E-state index < -0.39 is 0 Å². The topological polar surface area (TPSA) is 195 Å². The van der Waals surface area contributed by atoms with Gasteiger partial charge in [0.2, 0.25) is 0 Å². The number of rotatable bonds is 6. The van der Waals surface area contributed by atoms with Crippen LogP contribution in [0.5, 0.6) is 0 Å². The number of pyridine rings is 10. The van der Waals surface area contributed by atoms with Crippen LogP contribution in [0.25, 0.3) is 133 Å². The summed E-state index contributed by atoms with van der Waals surface area (Å²) in [5.41, 5.74) is 16.1. The average molecular weight is 1100 g/mol. The highest BCUT2D eigenvalue weighted by atomic mass is 19.1. The number of aromatic nitrogens is 10. The summed E-state index contributed by atoms with van der Waals surface area (Å²) in [6.45, 7) is 0.